The van der Waals surface area contributed by atoms with Crippen molar-refractivity contribution in [1.29, 1.82) is 0 Å². The Morgan fingerprint density at radius 1 is 1.12 bits per heavy atom. The number of alkyl halides is 3. The molecule has 0 saturated heterocycles. The molecule has 0 fully saturated rings. The third-order valence-corrected chi connectivity index (χ3v) is 8.57. The third-order valence-electron chi connectivity index (χ3n) is 6.88. The molecule has 2 N–H and O–H groups in total. The fraction of sp³-hybridized carbons (Fsp3) is 0.286. The first-order valence-electron chi connectivity index (χ1n) is 12.7. The monoisotopic (exact) mass is 650 g/mol. The average molecular weight is 652 g/mol. The highest BCUT2D eigenvalue weighted by atomic mass is 79.9. The van der Waals surface area contributed by atoms with Crippen LogP contribution in [0.15, 0.2) is 57.6 Å². The first-order chi connectivity index (χ1) is 19.3. The van der Waals surface area contributed by atoms with Crippen molar-refractivity contribution in [3.63, 3.8) is 0 Å². The number of fused-ring (bicyclic) bond motifs is 2. The molecule has 1 atom stereocenters. The van der Waals surface area contributed by atoms with Gasteiger partial charge in [0.1, 0.15) is 17.1 Å². The molecule has 0 amide bonds. The summed E-state index contributed by atoms with van der Waals surface area (Å²) in [5, 5.41) is 10.9. The van der Waals surface area contributed by atoms with Crippen LogP contribution in [0, 0.1) is 6.92 Å². The highest BCUT2D eigenvalue weighted by Crippen LogP contribution is 2.41. The number of rotatable bonds is 8. The molecule has 0 aliphatic carbocycles. The maximum atomic E-state index is 13.1. The lowest BCUT2D eigenvalue weighted by atomic mass is 10.0. The number of furan rings is 1. The van der Waals surface area contributed by atoms with Crippen molar-refractivity contribution in [2.75, 3.05) is 11.3 Å². The summed E-state index contributed by atoms with van der Waals surface area (Å²) in [7, 11) is -5.63. The predicted molar refractivity (Wildman–Crippen MR) is 154 cm³/mol. The normalized spacial score (nSPS) is 13.3. The lowest BCUT2D eigenvalue weighted by Gasteiger charge is -2.13. The minimum Gasteiger partial charge on any atom is -0.448 e. The quantitative estimate of drug-likeness (QED) is 0.189. The molecule has 2 aromatic carbocycles. The minimum atomic E-state index is -5.63. The van der Waals surface area contributed by atoms with E-state index in [2.05, 4.69) is 15.9 Å². The van der Waals surface area contributed by atoms with Crippen LogP contribution in [0.4, 0.5) is 18.9 Å². The molecule has 3 heterocycles. The van der Waals surface area contributed by atoms with Crippen LogP contribution in [0.5, 0.6) is 0 Å². The van der Waals surface area contributed by atoms with Gasteiger partial charge in [0.15, 0.2) is 10.3 Å². The summed E-state index contributed by atoms with van der Waals surface area (Å²) in [5.41, 5.74) is -1.43. The molecule has 0 aliphatic rings. The number of pyridine rings is 1. The Morgan fingerprint density at radius 3 is 2.54 bits per heavy atom. The Labute approximate surface area is 242 Å². The van der Waals surface area contributed by atoms with E-state index in [9.17, 15) is 26.7 Å². The fourth-order valence-electron chi connectivity index (χ4n) is 4.70. The average Bonchev–Trinajstić information content (AvgIpc) is 3.45. The van der Waals surface area contributed by atoms with Crippen molar-refractivity contribution in [2.45, 2.75) is 45.2 Å². The van der Waals surface area contributed by atoms with E-state index >= 15 is 0 Å². The number of aryl methyl sites for hydroxylation is 2. The fourth-order valence-corrected chi connectivity index (χ4v) is 5.77. The number of sulfonamides is 1. The van der Waals surface area contributed by atoms with Gasteiger partial charge in [-0.05, 0) is 58.2 Å². The SMILES string of the molecule is CCc1nc2c(C)cc(C(C)CO)nc2n1Cc1ccc2c(-c3ccccc3NS(=O)(=O)C(F)(F)F)oc(Br)c2c1. The van der Waals surface area contributed by atoms with Gasteiger partial charge in [0.2, 0.25) is 0 Å². The number of halogens is 4. The summed E-state index contributed by atoms with van der Waals surface area (Å²) in [6, 6.07) is 13.2. The number of para-hydroxylation sites is 1. The Bertz CT molecular complexity index is 1880. The van der Waals surface area contributed by atoms with Crippen molar-refractivity contribution >= 4 is 53.6 Å². The molecular formula is C28H26BrF3N4O4S. The van der Waals surface area contributed by atoms with E-state index in [-0.39, 0.29) is 29.5 Å². The van der Waals surface area contributed by atoms with Crippen LogP contribution in [-0.4, -0.2) is 40.2 Å². The molecule has 5 aromatic rings. The first-order valence-corrected chi connectivity index (χ1v) is 15.0. The summed E-state index contributed by atoms with van der Waals surface area (Å²) >= 11 is 3.42. The number of aromatic nitrogens is 3. The first kappa shape index (κ1) is 29.1. The molecule has 216 valence electrons. The lowest BCUT2D eigenvalue weighted by Crippen LogP contribution is -2.30. The second kappa shape index (κ2) is 10.8. The number of anilines is 1. The molecule has 41 heavy (non-hydrogen) atoms. The Hall–Kier alpha value is -3.42. The van der Waals surface area contributed by atoms with Gasteiger partial charge in [0, 0.05) is 34.4 Å². The minimum absolute atomic E-state index is 0.0268. The molecule has 0 bridgehead atoms. The highest BCUT2D eigenvalue weighted by molar-refractivity contribution is 9.10. The zero-order valence-electron chi connectivity index (χ0n) is 22.3. The number of hydrogen-bond acceptors (Lipinski definition) is 6. The van der Waals surface area contributed by atoms with Crippen LogP contribution in [0.1, 0.15) is 42.4 Å². The van der Waals surface area contributed by atoms with E-state index in [0.717, 1.165) is 33.8 Å². The van der Waals surface area contributed by atoms with Gasteiger partial charge in [0.25, 0.3) is 0 Å². The van der Waals surface area contributed by atoms with E-state index in [4.69, 9.17) is 14.4 Å². The third kappa shape index (κ3) is 5.33. The predicted octanol–water partition coefficient (Wildman–Crippen LogP) is 6.88. The summed E-state index contributed by atoms with van der Waals surface area (Å²) in [4.78, 5) is 9.63. The molecular weight excluding hydrogens is 625 g/mol. The molecule has 3 aromatic heterocycles. The van der Waals surface area contributed by atoms with Crippen molar-refractivity contribution in [2.24, 2.45) is 0 Å². The van der Waals surface area contributed by atoms with Gasteiger partial charge in [-0.25, -0.2) is 9.97 Å². The Morgan fingerprint density at radius 2 is 1.85 bits per heavy atom. The molecule has 8 nitrogen and oxygen atoms in total. The van der Waals surface area contributed by atoms with E-state index in [1.807, 2.05) is 43.5 Å². The summed E-state index contributed by atoms with van der Waals surface area (Å²) in [5.74, 6) is 0.926. The highest BCUT2D eigenvalue weighted by Gasteiger charge is 2.46. The van der Waals surface area contributed by atoms with Crippen LogP contribution < -0.4 is 4.72 Å². The van der Waals surface area contributed by atoms with Crippen LogP contribution in [0.2, 0.25) is 0 Å². The number of aliphatic hydroxyl groups excluding tert-OH is 1. The molecule has 0 aliphatic heterocycles. The van der Waals surface area contributed by atoms with E-state index in [0.29, 0.717) is 28.4 Å². The zero-order chi connectivity index (χ0) is 29.7. The summed E-state index contributed by atoms with van der Waals surface area (Å²) in [6.07, 6.45) is 0.674. The Kier molecular flexibility index (Phi) is 7.64. The standard InChI is InChI=1S/C28H26BrF3N4O4S/c1-4-23-34-24-15(2)11-22(16(3)14-37)33-27(24)36(23)13-17-9-10-18-20(12-17)26(29)40-25(18)19-7-5-6-8-21(19)35-41(38,39)28(30,31)32/h5-12,16,35,37H,4,13-14H2,1-3H3. The van der Waals surface area contributed by atoms with Gasteiger partial charge in [-0.1, -0.05) is 38.1 Å². The summed E-state index contributed by atoms with van der Waals surface area (Å²) in [6.45, 7) is 6.30. The largest absolute Gasteiger partial charge is 0.516 e. The number of nitrogens with zero attached hydrogens (tertiary/aromatic N) is 3. The van der Waals surface area contributed by atoms with Crippen molar-refractivity contribution < 1.29 is 31.1 Å². The lowest BCUT2D eigenvalue weighted by molar-refractivity contribution is -0.0429. The van der Waals surface area contributed by atoms with Crippen LogP contribution in [-0.2, 0) is 23.0 Å². The van der Waals surface area contributed by atoms with Crippen molar-refractivity contribution in [1.82, 2.24) is 14.5 Å². The van der Waals surface area contributed by atoms with Crippen molar-refractivity contribution in [3.05, 3.63) is 75.8 Å². The maximum Gasteiger partial charge on any atom is 0.516 e. The van der Waals surface area contributed by atoms with Crippen LogP contribution in [0.3, 0.4) is 0 Å². The van der Waals surface area contributed by atoms with Crippen LogP contribution >= 0.6 is 15.9 Å². The number of benzene rings is 2. The molecule has 5 rings (SSSR count). The molecule has 1 unspecified atom stereocenters. The van der Waals surface area contributed by atoms with Gasteiger partial charge < -0.3 is 14.1 Å². The number of aliphatic hydroxyl groups is 1. The van der Waals surface area contributed by atoms with Gasteiger partial charge in [-0.2, -0.15) is 21.6 Å². The van der Waals surface area contributed by atoms with Crippen LogP contribution in [0.25, 0.3) is 33.3 Å². The second-order valence-electron chi connectivity index (χ2n) is 9.77. The van der Waals surface area contributed by atoms with Gasteiger partial charge in [-0.3, -0.25) is 4.72 Å². The summed E-state index contributed by atoms with van der Waals surface area (Å²) < 4.78 is 72.7. The number of nitrogens with one attached hydrogen (secondary N) is 1. The maximum absolute atomic E-state index is 13.1. The second-order valence-corrected chi connectivity index (χ2v) is 12.2. The van der Waals surface area contributed by atoms with E-state index in [1.165, 1.54) is 18.2 Å². The molecule has 13 heteroatoms. The number of imidazole rings is 1. The van der Waals surface area contributed by atoms with Gasteiger partial charge in [-0.15, -0.1) is 0 Å². The van der Waals surface area contributed by atoms with E-state index in [1.54, 1.807) is 16.9 Å². The number of hydrogen-bond donors (Lipinski definition) is 2. The molecule has 0 spiro atoms. The topological polar surface area (TPSA) is 110 Å². The molecule has 0 radical (unpaired) electrons. The molecule has 0 saturated carbocycles. The van der Waals surface area contributed by atoms with E-state index < -0.39 is 15.5 Å². The van der Waals surface area contributed by atoms with Crippen molar-refractivity contribution in [3.8, 4) is 11.3 Å². The Balaban J connectivity index is 1.57. The smallest absolute Gasteiger partial charge is 0.448 e. The zero-order valence-corrected chi connectivity index (χ0v) is 24.7. The van der Waals surface area contributed by atoms with Gasteiger partial charge in [0.05, 0.1) is 18.8 Å². The van der Waals surface area contributed by atoms with Gasteiger partial charge >= 0.3 is 15.5 Å².